The summed E-state index contributed by atoms with van der Waals surface area (Å²) in [5.41, 5.74) is 0.966. The molecule has 0 heterocycles. The number of benzene rings is 1. The zero-order valence-corrected chi connectivity index (χ0v) is 15.9. The molecule has 1 aliphatic rings. The van der Waals surface area contributed by atoms with Crippen molar-refractivity contribution in [2.45, 2.75) is 50.7 Å². The van der Waals surface area contributed by atoms with E-state index in [9.17, 15) is 4.79 Å². The molecule has 4 heteroatoms. The van der Waals surface area contributed by atoms with E-state index in [-0.39, 0.29) is 11.9 Å². The van der Waals surface area contributed by atoms with Crippen molar-refractivity contribution < 1.29 is 9.53 Å². The van der Waals surface area contributed by atoms with Crippen LogP contribution in [0.25, 0.3) is 0 Å². The van der Waals surface area contributed by atoms with Crippen LogP contribution in [0.15, 0.2) is 30.3 Å². The first-order chi connectivity index (χ1) is 11.6. The maximum atomic E-state index is 13.0. The highest BCUT2D eigenvalue weighted by Gasteiger charge is 2.45. The smallest absolute Gasteiger partial charge is 0.326 e. The minimum absolute atomic E-state index is 0.184. The standard InChI is InChI=1S/C20H31NO2S/c1-3-21(4-2)15-16-23-19(22)20(24,17-11-7-5-8-12-17)18-13-9-6-10-14-18/h5,7-8,11-12,18,24H,3-4,6,9-10,13-16H2,1-2H3. The largest absolute Gasteiger partial charge is 0.463 e. The summed E-state index contributed by atoms with van der Waals surface area (Å²) in [7, 11) is 0. The van der Waals surface area contributed by atoms with Crippen LogP contribution in [-0.2, 0) is 14.3 Å². The van der Waals surface area contributed by atoms with E-state index in [2.05, 4.69) is 18.7 Å². The molecule has 1 fully saturated rings. The molecule has 1 saturated carbocycles. The summed E-state index contributed by atoms with van der Waals surface area (Å²) >= 11 is 4.93. The summed E-state index contributed by atoms with van der Waals surface area (Å²) in [5, 5.41) is 0. The van der Waals surface area contributed by atoms with E-state index in [0.29, 0.717) is 6.61 Å². The molecule has 1 aliphatic carbocycles. The van der Waals surface area contributed by atoms with Crippen molar-refractivity contribution in [2.24, 2.45) is 5.92 Å². The Hall–Kier alpha value is -1.00. The average Bonchev–Trinajstić information content (AvgIpc) is 2.65. The topological polar surface area (TPSA) is 29.5 Å². The van der Waals surface area contributed by atoms with E-state index in [1.807, 2.05) is 30.3 Å². The molecule has 0 amide bonds. The molecule has 134 valence electrons. The van der Waals surface area contributed by atoms with Crippen molar-refractivity contribution in [1.82, 2.24) is 4.90 Å². The number of nitrogens with zero attached hydrogens (tertiary/aromatic N) is 1. The molecule has 1 aromatic rings. The first-order valence-corrected chi connectivity index (χ1v) is 9.75. The molecule has 0 bridgehead atoms. The van der Waals surface area contributed by atoms with Crippen LogP contribution in [0.5, 0.6) is 0 Å². The van der Waals surface area contributed by atoms with Gasteiger partial charge in [-0.25, -0.2) is 0 Å². The molecular formula is C20H31NO2S. The molecular weight excluding hydrogens is 318 g/mol. The lowest BCUT2D eigenvalue weighted by atomic mass is 9.76. The molecule has 0 aromatic heterocycles. The van der Waals surface area contributed by atoms with Gasteiger partial charge in [-0.05, 0) is 37.4 Å². The first-order valence-electron chi connectivity index (χ1n) is 9.30. The Morgan fingerprint density at radius 1 is 1.17 bits per heavy atom. The summed E-state index contributed by atoms with van der Waals surface area (Å²) in [6, 6.07) is 9.95. The number of rotatable bonds is 8. The van der Waals surface area contributed by atoms with E-state index in [0.717, 1.165) is 38.0 Å². The number of ether oxygens (including phenoxy) is 1. The van der Waals surface area contributed by atoms with Gasteiger partial charge >= 0.3 is 5.97 Å². The Balaban J connectivity index is 2.11. The van der Waals surface area contributed by atoms with Crippen molar-refractivity contribution in [2.75, 3.05) is 26.2 Å². The Kier molecular flexibility index (Phi) is 7.63. The van der Waals surface area contributed by atoms with Crippen LogP contribution in [-0.4, -0.2) is 37.1 Å². The molecule has 0 spiro atoms. The van der Waals surface area contributed by atoms with Gasteiger partial charge in [0.25, 0.3) is 0 Å². The number of carbonyl (C=O) groups is 1. The highest BCUT2D eigenvalue weighted by molar-refractivity contribution is 7.82. The Morgan fingerprint density at radius 2 is 1.79 bits per heavy atom. The van der Waals surface area contributed by atoms with Gasteiger partial charge in [-0.15, -0.1) is 0 Å². The molecule has 0 N–H and O–H groups in total. The van der Waals surface area contributed by atoms with E-state index >= 15 is 0 Å². The second-order valence-electron chi connectivity index (χ2n) is 6.63. The highest BCUT2D eigenvalue weighted by atomic mass is 32.1. The van der Waals surface area contributed by atoms with Gasteiger partial charge in [0.1, 0.15) is 11.4 Å². The summed E-state index contributed by atoms with van der Waals surface area (Å²) < 4.78 is 4.86. The van der Waals surface area contributed by atoms with Crippen LogP contribution in [0.2, 0.25) is 0 Å². The van der Waals surface area contributed by atoms with E-state index < -0.39 is 4.75 Å². The monoisotopic (exact) mass is 349 g/mol. The zero-order chi connectivity index (χ0) is 17.4. The van der Waals surface area contributed by atoms with Crippen molar-refractivity contribution >= 4 is 18.6 Å². The minimum Gasteiger partial charge on any atom is -0.463 e. The fourth-order valence-corrected chi connectivity index (χ4v) is 4.12. The van der Waals surface area contributed by atoms with E-state index in [1.165, 1.54) is 19.3 Å². The minimum atomic E-state index is -0.828. The maximum Gasteiger partial charge on any atom is 0.326 e. The molecule has 0 radical (unpaired) electrons. The lowest BCUT2D eigenvalue weighted by molar-refractivity contribution is -0.149. The van der Waals surface area contributed by atoms with Gasteiger partial charge in [-0.1, -0.05) is 63.4 Å². The molecule has 1 atom stereocenters. The number of carbonyl (C=O) groups excluding carboxylic acids is 1. The van der Waals surface area contributed by atoms with Crippen LogP contribution in [0.1, 0.15) is 51.5 Å². The average molecular weight is 350 g/mol. The predicted octanol–water partition coefficient (Wildman–Crippen LogP) is 4.28. The third kappa shape index (κ3) is 4.54. The van der Waals surface area contributed by atoms with Crippen molar-refractivity contribution in [3.8, 4) is 0 Å². The van der Waals surface area contributed by atoms with Crippen molar-refractivity contribution in [3.05, 3.63) is 35.9 Å². The van der Waals surface area contributed by atoms with Gasteiger partial charge in [0, 0.05) is 6.54 Å². The third-order valence-electron chi connectivity index (χ3n) is 5.26. The summed E-state index contributed by atoms with van der Waals surface area (Å²) in [4.78, 5) is 15.3. The predicted molar refractivity (Wildman–Crippen MR) is 102 cm³/mol. The molecule has 0 aliphatic heterocycles. The Bertz CT molecular complexity index is 498. The molecule has 0 saturated heterocycles. The third-order valence-corrected chi connectivity index (χ3v) is 6.06. The van der Waals surface area contributed by atoms with Crippen molar-refractivity contribution in [1.29, 1.82) is 0 Å². The molecule has 1 aromatic carbocycles. The van der Waals surface area contributed by atoms with Crippen LogP contribution in [0.4, 0.5) is 0 Å². The molecule has 1 unspecified atom stereocenters. The van der Waals surface area contributed by atoms with Crippen LogP contribution >= 0.6 is 12.6 Å². The second-order valence-corrected chi connectivity index (χ2v) is 7.34. The van der Waals surface area contributed by atoms with Gasteiger partial charge in [0.05, 0.1) is 0 Å². The fourth-order valence-electron chi connectivity index (χ4n) is 3.65. The van der Waals surface area contributed by atoms with Crippen molar-refractivity contribution in [3.63, 3.8) is 0 Å². The lowest BCUT2D eigenvalue weighted by Crippen LogP contribution is -2.41. The summed E-state index contributed by atoms with van der Waals surface area (Å²) in [6.07, 6.45) is 5.69. The normalized spacial score (nSPS) is 18.3. The van der Waals surface area contributed by atoms with Gasteiger partial charge in [0.2, 0.25) is 0 Å². The van der Waals surface area contributed by atoms with Crippen LogP contribution in [0.3, 0.4) is 0 Å². The Labute approximate surface area is 152 Å². The Morgan fingerprint density at radius 3 is 2.38 bits per heavy atom. The van der Waals surface area contributed by atoms with E-state index in [4.69, 9.17) is 17.4 Å². The highest BCUT2D eigenvalue weighted by Crippen LogP contribution is 2.45. The number of hydrogen-bond donors (Lipinski definition) is 1. The number of thiol groups is 1. The summed E-state index contributed by atoms with van der Waals surface area (Å²) in [6.45, 7) is 7.41. The van der Waals surface area contributed by atoms with Gasteiger partial charge in [-0.2, -0.15) is 12.6 Å². The quantitative estimate of drug-likeness (QED) is 0.561. The first kappa shape index (κ1) is 19.3. The summed E-state index contributed by atoms with van der Waals surface area (Å²) in [5.74, 6) is 0.0639. The fraction of sp³-hybridized carbons (Fsp3) is 0.650. The second kappa shape index (κ2) is 9.47. The lowest BCUT2D eigenvalue weighted by Gasteiger charge is -2.37. The molecule has 24 heavy (non-hydrogen) atoms. The number of likely N-dealkylation sites (N-methyl/N-ethyl adjacent to an activating group) is 1. The van der Waals surface area contributed by atoms with Gasteiger partial charge in [-0.3, -0.25) is 4.79 Å². The molecule has 3 nitrogen and oxygen atoms in total. The SMILES string of the molecule is CCN(CC)CCOC(=O)C(S)(c1ccccc1)C1CCCCC1. The van der Waals surface area contributed by atoms with Gasteiger partial charge < -0.3 is 9.64 Å². The maximum absolute atomic E-state index is 13.0. The number of esters is 1. The van der Waals surface area contributed by atoms with Crippen LogP contribution in [0, 0.1) is 5.92 Å². The van der Waals surface area contributed by atoms with Crippen LogP contribution < -0.4 is 0 Å². The zero-order valence-electron chi connectivity index (χ0n) is 15.0. The number of hydrogen-bond acceptors (Lipinski definition) is 4. The van der Waals surface area contributed by atoms with E-state index in [1.54, 1.807) is 0 Å². The molecule has 2 rings (SSSR count). The van der Waals surface area contributed by atoms with Gasteiger partial charge in [0.15, 0.2) is 0 Å².